The van der Waals surface area contributed by atoms with Gasteiger partial charge in [0.1, 0.15) is 0 Å². The fourth-order valence-corrected chi connectivity index (χ4v) is 4.65. The number of anilines is 1. The van der Waals surface area contributed by atoms with Crippen LogP contribution in [-0.2, 0) is 17.8 Å². The van der Waals surface area contributed by atoms with E-state index in [1.165, 1.54) is 17.3 Å². The van der Waals surface area contributed by atoms with E-state index >= 15 is 0 Å². The summed E-state index contributed by atoms with van der Waals surface area (Å²) in [4.78, 5) is 27.1. The molecule has 2 heterocycles. The summed E-state index contributed by atoms with van der Waals surface area (Å²) in [5.74, 6) is 0.869. The average molecular weight is 436 g/mol. The molecule has 31 heavy (non-hydrogen) atoms. The Morgan fingerprint density at radius 3 is 2.61 bits per heavy atom. The molecule has 2 amide bonds. The van der Waals surface area contributed by atoms with Crippen LogP contribution in [0.5, 0.6) is 0 Å². The third kappa shape index (κ3) is 4.49. The second kappa shape index (κ2) is 9.34. The monoisotopic (exact) mass is 435 g/mol. The highest BCUT2D eigenvalue weighted by molar-refractivity contribution is 7.99. The Morgan fingerprint density at radius 1 is 1.10 bits per heavy atom. The minimum atomic E-state index is -0.310. The quantitative estimate of drug-likeness (QED) is 0.575. The summed E-state index contributed by atoms with van der Waals surface area (Å²) in [6.45, 7) is 5.25. The van der Waals surface area contributed by atoms with Gasteiger partial charge in [-0.2, -0.15) is 0 Å². The van der Waals surface area contributed by atoms with Gasteiger partial charge in [-0.15, -0.1) is 10.2 Å². The van der Waals surface area contributed by atoms with Crippen molar-refractivity contribution in [1.82, 2.24) is 20.1 Å². The van der Waals surface area contributed by atoms with Crippen LogP contribution in [0, 0.1) is 0 Å². The van der Waals surface area contributed by atoms with Crippen molar-refractivity contribution in [2.45, 2.75) is 38.0 Å². The Balaban J connectivity index is 1.41. The van der Waals surface area contributed by atoms with Gasteiger partial charge in [0, 0.05) is 24.3 Å². The highest BCUT2D eigenvalue weighted by Gasteiger charge is 2.25. The zero-order valence-corrected chi connectivity index (χ0v) is 18.4. The van der Waals surface area contributed by atoms with Crippen LogP contribution in [-0.4, -0.2) is 38.9 Å². The van der Waals surface area contributed by atoms with Crippen molar-refractivity contribution >= 4 is 29.3 Å². The Labute approximate surface area is 185 Å². The van der Waals surface area contributed by atoms with Crippen molar-refractivity contribution < 1.29 is 9.59 Å². The van der Waals surface area contributed by atoms with E-state index in [0.29, 0.717) is 29.6 Å². The number of carbonyl (C=O) groups excluding carboxylic acids is 2. The SMILES string of the molecule is CCn1c(SCC(=O)N2CCc3ccccc32)nnc1C(C)NC(=O)c1ccccc1. The second-order valence-corrected chi connectivity index (χ2v) is 8.30. The summed E-state index contributed by atoms with van der Waals surface area (Å²) in [5.41, 5.74) is 2.81. The van der Waals surface area contributed by atoms with Gasteiger partial charge in [0.25, 0.3) is 5.91 Å². The molecule has 1 atom stereocenters. The lowest BCUT2D eigenvalue weighted by atomic mass is 10.2. The van der Waals surface area contributed by atoms with Crippen LogP contribution < -0.4 is 10.2 Å². The van der Waals surface area contributed by atoms with Crippen molar-refractivity contribution in [2.24, 2.45) is 0 Å². The van der Waals surface area contributed by atoms with Gasteiger partial charge in [0.05, 0.1) is 11.8 Å². The lowest BCUT2D eigenvalue weighted by Crippen LogP contribution is -2.30. The van der Waals surface area contributed by atoms with Crippen molar-refractivity contribution in [3.05, 3.63) is 71.5 Å². The fourth-order valence-electron chi connectivity index (χ4n) is 3.76. The van der Waals surface area contributed by atoms with Gasteiger partial charge in [-0.1, -0.05) is 48.2 Å². The Bertz CT molecular complexity index is 1080. The predicted octanol–water partition coefficient (Wildman–Crippen LogP) is 3.47. The van der Waals surface area contributed by atoms with Gasteiger partial charge in [0.2, 0.25) is 5.91 Å². The van der Waals surface area contributed by atoms with Crippen molar-refractivity contribution in [3.8, 4) is 0 Å². The van der Waals surface area contributed by atoms with E-state index in [-0.39, 0.29) is 23.6 Å². The molecule has 3 aromatic rings. The van der Waals surface area contributed by atoms with E-state index < -0.39 is 0 Å². The minimum absolute atomic E-state index is 0.0626. The van der Waals surface area contributed by atoms with Crippen LogP contribution in [0.15, 0.2) is 59.8 Å². The minimum Gasteiger partial charge on any atom is -0.342 e. The molecule has 0 saturated heterocycles. The second-order valence-electron chi connectivity index (χ2n) is 7.36. The number of carbonyl (C=O) groups is 2. The average Bonchev–Trinajstić information content (AvgIpc) is 3.42. The highest BCUT2D eigenvalue weighted by Crippen LogP contribution is 2.29. The fraction of sp³-hybridized carbons (Fsp3) is 0.304. The molecule has 7 nitrogen and oxygen atoms in total. The van der Waals surface area contributed by atoms with Gasteiger partial charge in [-0.3, -0.25) is 9.59 Å². The van der Waals surface area contributed by atoms with Crippen molar-refractivity contribution in [1.29, 1.82) is 0 Å². The molecule has 0 radical (unpaired) electrons. The first-order chi connectivity index (χ1) is 15.1. The van der Waals surface area contributed by atoms with Crippen LogP contribution >= 0.6 is 11.8 Å². The largest absolute Gasteiger partial charge is 0.342 e. The lowest BCUT2D eigenvalue weighted by Gasteiger charge is -2.17. The molecule has 1 aliphatic heterocycles. The van der Waals surface area contributed by atoms with Crippen molar-refractivity contribution in [2.75, 3.05) is 17.2 Å². The molecule has 0 spiro atoms. The third-order valence-corrected chi connectivity index (χ3v) is 6.30. The maximum absolute atomic E-state index is 12.8. The summed E-state index contributed by atoms with van der Waals surface area (Å²) in [6.07, 6.45) is 0.889. The highest BCUT2D eigenvalue weighted by atomic mass is 32.2. The maximum atomic E-state index is 12.8. The van der Waals surface area contributed by atoms with Gasteiger partial charge in [0.15, 0.2) is 11.0 Å². The molecule has 0 saturated carbocycles. The number of hydrogen-bond donors (Lipinski definition) is 1. The van der Waals surface area contributed by atoms with Crippen molar-refractivity contribution in [3.63, 3.8) is 0 Å². The molecule has 1 aliphatic rings. The Hall–Kier alpha value is -3.13. The molecule has 4 rings (SSSR count). The summed E-state index contributed by atoms with van der Waals surface area (Å²) < 4.78 is 1.95. The number of nitrogens with one attached hydrogen (secondary N) is 1. The summed E-state index contributed by atoms with van der Waals surface area (Å²) in [7, 11) is 0. The van der Waals surface area contributed by atoms with E-state index in [4.69, 9.17) is 0 Å². The number of benzene rings is 2. The first-order valence-electron chi connectivity index (χ1n) is 10.4. The van der Waals surface area contributed by atoms with E-state index in [0.717, 1.165) is 12.1 Å². The Kier molecular flexibility index (Phi) is 6.36. The van der Waals surface area contributed by atoms with E-state index in [1.807, 2.05) is 59.7 Å². The van der Waals surface area contributed by atoms with Crippen LogP contribution in [0.4, 0.5) is 5.69 Å². The first kappa shape index (κ1) is 21.1. The number of fused-ring (bicyclic) bond motifs is 1. The molecule has 2 aromatic carbocycles. The summed E-state index contributed by atoms with van der Waals surface area (Å²) >= 11 is 1.38. The van der Waals surface area contributed by atoms with Crippen LogP contribution in [0.3, 0.4) is 0 Å². The molecule has 0 fully saturated rings. The number of amides is 2. The molecule has 1 N–H and O–H groups in total. The molecular weight excluding hydrogens is 410 g/mol. The molecular formula is C23H25N5O2S. The topological polar surface area (TPSA) is 80.1 Å². The first-order valence-corrected chi connectivity index (χ1v) is 11.4. The standard InChI is InChI=1S/C23H25N5O2S/c1-3-27-21(16(2)24-22(30)18-10-5-4-6-11-18)25-26-23(27)31-15-20(29)28-14-13-17-9-7-8-12-19(17)28/h4-12,16H,3,13-15H2,1-2H3,(H,24,30). The molecule has 0 aliphatic carbocycles. The van der Waals surface area contributed by atoms with E-state index in [1.54, 1.807) is 12.1 Å². The number of nitrogens with zero attached hydrogens (tertiary/aromatic N) is 4. The number of para-hydroxylation sites is 1. The smallest absolute Gasteiger partial charge is 0.251 e. The Morgan fingerprint density at radius 2 is 1.84 bits per heavy atom. The molecule has 0 bridgehead atoms. The number of thioether (sulfide) groups is 1. The summed E-state index contributed by atoms with van der Waals surface area (Å²) in [5, 5.41) is 12.2. The van der Waals surface area contributed by atoms with Gasteiger partial charge >= 0.3 is 0 Å². The van der Waals surface area contributed by atoms with Crippen LogP contribution in [0.1, 0.15) is 41.6 Å². The zero-order chi connectivity index (χ0) is 21.8. The number of aromatic nitrogens is 3. The van der Waals surface area contributed by atoms with Crippen LogP contribution in [0.25, 0.3) is 0 Å². The number of rotatable bonds is 7. The number of hydrogen-bond acceptors (Lipinski definition) is 5. The molecule has 1 unspecified atom stereocenters. The maximum Gasteiger partial charge on any atom is 0.251 e. The van der Waals surface area contributed by atoms with Gasteiger partial charge in [-0.25, -0.2) is 0 Å². The van der Waals surface area contributed by atoms with E-state index in [2.05, 4.69) is 21.6 Å². The van der Waals surface area contributed by atoms with Crippen LogP contribution in [0.2, 0.25) is 0 Å². The normalized spacial score (nSPS) is 13.7. The summed E-state index contributed by atoms with van der Waals surface area (Å²) in [6, 6.07) is 16.8. The lowest BCUT2D eigenvalue weighted by molar-refractivity contribution is -0.116. The van der Waals surface area contributed by atoms with E-state index in [9.17, 15) is 9.59 Å². The molecule has 1 aromatic heterocycles. The van der Waals surface area contributed by atoms with Gasteiger partial charge in [-0.05, 0) is 44.0 Å². The molecule has 160 valence electrons. The third-order valence-electron chi connectivity index (χ3n) is 5.35. The predicted molar refractivity (Wildman–Crippen MR) is 121 cm³/mol. The van der Waals surface area contributed by atoms with Gasteiger partial charge < -0.3 is 14.8 Å². The zero-order valence-electron chi connectivity index (χ0n) is 17.6. The molecule has 8 heteroatoms.